The molecule has 0 aliphatic heterocycles. The number of carbonyl (C=O) groups excluding carboxylic acids is 1. The first-order chi connectivity index (χ1) is 6.24. The van der Waals surface area contributed by atoms with Crippen molar-refractivity contribution < 1.29 is 9.53 Å². The number of thioether (sulfide) groups is 1. The number of nitrogens with zero attached hydrogens (tertiary/aromatic N) is 2. The average Bonchev–Trinajstić information content (AvgIpc) is 2.65. The minimum atomic E-state index is -0.625. The number of nitrogens with two attached hydrogens (primary N) is 1. The van der Waals surface area contributed by atoms with Gasteiger partial charge in [0.25, 0.3) is 0 Å². The zero-order chi connectivity index (χ0) is 9.68. The van der Waals surface area contributed by atoms with Gasteiger partial charge in [-0.1, -0.05) is 11.8 Å². The molecule has 0 saturated carbocycles. The van der Waals surface area contributed by atoms with Crippen LogP contribution in [-0.4, -0.2) is 40.1 Å². The highest BCUT2D eigenvalue weighted by Crippen LogP contribution is 2.11. The molecule has 0 aliphatic rings. The van der Waals surface area contributed by atoms with E-state index < -0.39 is 12.0 Å². The first kappa shape index (κ1) is 10.0. The van der Waals surface area contributed by atoms with Crippen molar-refractivity contribution in [3.63, 3.8) is 0 Å². The molecule has 6 nitrogen and oxygen atoms in total. The van der Waals surface area contributed by atoms with Gasteiger partial charge >= 0.3 is 5.97 Å². The zero-order valence-electron chi connectivity index (χ0n) is 7.06. The summed E-state index contributed by atoms with van der Waals surface area (Å²) in [5.41, 5.74) is 5.49. The fourth-order valence-electron chi connectivity index (χ4n) is 0.652. The molecule has 0 radical (unpaired) electrons. The molecule has 1 aromatic rings. The third-order valence-corrected chi connectivity index (χ3v) is 2.29. The van der Waals surface area contributed by atoms with Crippen molar-refractivity contribution in [3.05, 3.63) is 6.33 Å². The number of ether oxygens (including phenoxy) is 1. The lowest BCUT2D eigenvalue weighted by Crippen LogP contribution is -2.33. The minimum absolute atomic E-state index is 0.419. The van der Waals surface area contributed by atoms with E-state index in [1.54, 1.807) is 0 Å². The summed E-state index contributed by atoms with van der Waals surface area (Å²) in [5, 5.41) is 6.93. The van der Waals surface area contributed by atoms with E-state index in [0.717, 1.165) is 0 Å². The van der Waals surface area contributed by atoms with Crippen molar-refractivity contribution in [2.45, 2.75) is 11.2 Å². The largest absolute Gasteiger partial charge is 0.468 e. The Morgan fingerprint density at radius 3 is 3.23 bits per heavy atom. The monoisotopic (exact) mass is 202 g/mol. The Hall–Kier alpha value is -1.08. The summed E-state index contributed by atoms with van der Waals surface area (Å²) in [5.74, 6) is -0.00554. The highest BCUT2D eigenvalue weighted by Gasteiger charge is 2.14. The first-order valence-corrected chi connectivity index (χ1v) is 4.54. The fourth-order valence-corrected chi connectivity index (χ4v) is 1.36. The maximum absolute atomic E-state index is 10.9. The molecule has 1 heterocycles. The Kier molecular flexibility index (Phi) is 3.71. The topological polar surface area (TPSA) is 93.9 Å². The van der Waals surface area contributed by atoms with E-state index in [9.17, 15) is 4.79 Å². The van der Waals surface area contributed by atoms with Crippen LogP contribution in [0.2, 0.25) is 0 Å². The molecule has 0 saturated heterocycles. The summed E-state index contributed by atoms with van der Waals surface area (Å²) in [6.07, 6.45) is 1.39. The number of hydrogen-bond acceptors (Lipinski definition) is 6. The summed E-state index contributed by atoms with van der Waals surface area (Å²) in [4.78, 5) is 14.7. The van der Waals surface area contributed by atoms with Crippen molar-refractivity contribution in [3.8, 4) is 0 Å². The predicted octanol–water partition coefficient (Wildman–Crippen LogP) is -0.603. The number of hydrogen-bond donors (Lipinski definition) is 2. The van der Waals surface area contributed by atoms with Crippen LogP contribution in [0.25, 0.3) is 0 Å². The predicted molar refractivity (Wildman–Crippen MR) is 47.1 cm³/mol. The number of methoxy groups -OCH3 is 1. The van der Waals surface area contributed by atoms with Crippen molar-refractivity contribution in [2.75, 3.05) is 12.9 Å². The molecule has 3 N–H and O–H groups in total. The number of rotatable bonds is 4. The van der Waals surface area contributed by atoms with Crippen LogP contribution in [-0.2, 0) is 9.53 Å². The standard InChI is InChI=1S/C6H10N4O2S/c1-12-5(11)4(7)2-13-6-8-3-9-10-6/h3-4H,2,7H2,1H3,(H,8,9,10). The second-order valence-corrected chi connectivity index (χ2v) is 3.24. The lowest BCUT2D eigenvalue weighted by molar-refractivity contribution is -0.141. The molecule has 7 heteroatoms. The van der Waals surface area contributed by atoms with Gasteiger partial charge in [0.2, 0.25) is 0 Å². The van der Waals surface area contributed by atoms with Crippen LogP contribution < -0.4 is 5.73 Å². The third-order valence-electron chi connectivity index (χ3n) is 1.30. The van der Waals surface area contributed by atoms with E-state index >= 15 is 0 Å². The molecular formula is C6H10N4O2S. The van der Waals surface area contributed by atoms with E-state index in [2.05, 4.69) is 19.9 Å². The van der Waals surface area contributed by atoms with Gasteiger partial charge in [-0.3, -0.25) is 9.89 Å². The smallest absolute Gasteiger partial charge is 0.323 e. The van der Waals surface area contributed by atoms with Gasteiger partial charge in [0.05, 0.1) is 7.11 Å². The van der Waals surface area contributed by atoms with Crippen LogP contribution in [0.1, 0.15) is 0 Å². The van der Waals surface area contributed by atoms with Crippen LogP contribution in [0, 0.1) is 0 Å². The summed E-state index contributed by atoms with van der Waals surface area (Å²) in [6.45, 7) is 0. The lowest BCUT2D eigenvalue weighted by atomic mass is 10.4. The van der Waals surface area contributed by atoms with E-state index in [1.807, 2.05) is 0 Å². The van der Waals surface area contributed by atoms with Gasteiger partial charge in [0, 0.05) is 5.75 Å². The molecule has 0 fully saturated rings. The van der Waals surface area contributed by atoms with Gasteiger partial charge in [-0.05, 0) is 0 Å². The Morgan fingerprint density at radius 2 is 2.69 bits per heavy atom. The van der Waals surface area contributed by atoms with Gasteiger partial charge in [0.15, 0.2) is 5.16 Å². The van der Waals surface area contributed by atoms with Gasteiger partial charge in [-0.25, -0.2) is 4.98 Å². The normalized spacial score (nSPS) is 12.5. The summed E-state index contributed by atoms with van der Waals surface area (Å²) in [7, 11) is 1.31. The van der Waals surface area contributed by atoms with Crippen LogP contribution in [0.4, 0.5) is 0 Å². The summed E-state index contributed by atoms with van der Waals surface area (Å²) >= 11 is 1.32. The lowest BCUT2D eigenvalue weighted by Gasteiger charge is -2.06. The Balaban J connectivity index is 2.30. The summed E-state index contributed by atoms with van der Waals surface area (Å²) in [6, 6.07) is -0.625. The van der Waals surface area contributed by atoms with Gasteiger partial charge in [-0.2, -0.15) is 5.10 Å². The van der Waals surface area contributed by atoms with Crippen LogP contribution in [0.3, 0.4) is 0 Å². The molecule has 1 aromatic heterocycles. The van der Waals surface area contributed by atoms with E-state index in [4.69, 9.17) is 5.73 Å². The second-order valence-electron chi connectivity index (χ2n) is 2.23. The molecule has 72 valence electrons. The number of aromatic nitrogens is 3. The fraction of sp³-hybridized carbons (Fsp3) is 0.500. The Labute approximate surface area is 79.2 Å². The van der Waals surface area contributed by atoms with Crippen LogP contribution in [0.15, 0.2) is 11.5 Å². The van der Waals surface area contributed by atoms with Crippen molar-refractivity contribution >= 4 is 17.7 Å². The molecule has 0 amide bonds. The summed E-state index contributed by atoms with van der Waals surface area (Å²) < 4.78 is 4.46. The van der Waals surface area contributed by atoms with E-state index in [-0.39, 0.29) is 0 Å². The second kappa shape index (κ2) is 4.83. The molecule has 1 atom stereocenters. The van der Waals surface area contributed by atoms with Gasteiger partial charge in [-0.15, -0.1) is 0 Å². The molecule has 1 rings (SSSR count). The highest BCUT2D eigenvalue weighted by atomic mass is 32.2. The molecule has 0 bridgehead atoms. The molecule has 1 unspecified atom stereocenters. The molecular weight excluding hydrogens is 192 g/mol. The minimum Gasteiger partial charge on any atom is -0.468 e. The number of aromatic amines is 1. The highest BCUT2D eigenvalue weighted by molar-refractivity contribution is 7.99. The van der Waals surface area contributed by atoms with Gasteiger partial charge < -0.3 is 10.5 Å². The molecule has 0 aromatic carbocycles. The van der Waals surface area contributed by atoms with Crippen LogP contribution in [0.5, 0.6) is 0 Å². The van der Waals surface area contributed by atoms with Crippen molar-refractivity contribution in [1.82, 2.24) is 15.2 Å². The maximum Gasteiger partial charge on any atom is 0.323 e. The number of H-pyrrole nitrogens is 1. The molecule has 0 aliphatic carbocycles. The van der Waals surface area contributed by atoms with Gasteiger partial charge in [0.1, 0.15) is 12.4 Å². The number of nitrogens with one attached hydrogen (secondary N) is 1. The SMILES string of the molecule is COC(=O)C(N)CSc1ncn[nH]1. The van der Waals surface area contributed by atoms with E-state index in [1.165, 1.54) is 25.2 Å². The maximum atomic E-state index is 10.9. The molecule has 13 heavy (non-hydrogen) atoms. The number of esters is 1. The average molecular weight is 202 g/mol. The zero-order valence-corrected chi connectivity index (χ0v) is 7.87. The molecule has 0 spiro atoms. The quantitative estimate of drug-likeness (QED) is 0.500. The number of carbonyl (C=O) groups is 1. The first-order valence-electron chi connectivity index (χ1n) is 3.55. The van der Waals surface area contributed by atoms with Crippen LogP contribution >= 0.6 is 11.8 Å². The third kappa shape index (κ3) is 3.03. The Morgan fingerprint density at radius 1 is 1.92 bits per heavy atom. The van der Waals surface area contributed by atoms with E-state index in [0.29, 0.717) is 10.9 Å². The Bertz CT molecular complexity index is 264. The van der Waals surface area contributed by atoms with Crippen molar-refractivity contribution in [2.24, 2.45) is 5.73 Å². The van der Waals surface area contributed by atoms with Crippen molar-refractivity contribution in [1.29, 1.82) is 0 Å².